The number of nitrogens with one attached hydrogen (secondary N) is 1. The van der Waals surface area contributed by atoms with Crippen molar-refractivity contribution in [1.82, 2.24) is 10.5 Å². The summed E-state index contributed by atoms with van der Waals surface area (Å²) in [7, 11) is -3.59. The van der Waals surface area contributed by atoms with Gasteiger partial charge in [-0.25, -0.2) is 8.42 Å². The lowest BCUT2D eigenvalue weighted by Crippen LogP contribution is -2.39. The second kappa shape index (κ2) is 6.18. The molecule has 0 spiro atoms. The fourth-order valence-electron chi connectivity index (χ4n) is 1.42. The number of carbonyl (C=O) groups excluding carboxylic acids is 1. The van der Waals surface area contributed by atoms with Gasteiger partial charge in [0.1, 0.15) is 11.0 Å². The number of hydrogen-bond donors (Lipinski definition) is 1. The monoisotopic (exact) mass is 288 g/mol. The van der Waals surface area contributed by atoms with Gasteiger partial charge in [-0.3, -0.25) is 4.79 Å². The number of amides is 1. The van der Waals surface area contributed by atoms with Crippen LogP contribution in [0.4, 0.5) is 0 Å². The molecule has 1 atom stereocenters. The van der Waals surface area contributed by atoms with E-state index < -0.39 is 21.0 Å². The first kappa shape index (κ1) is 15.7. The standard InChI is InChI=1S/C12H20N2O4S/c1-8(2)6-13-12(15)10(4)19(16,17)7-11-5-9(3)14-18-11/h5,8,10H,6-7H2,1-4H3,(H,13,15). The molecule has 0 aliphatic carbocycles. The molecule has 7 heteroatoms. The van der Waals surface area contributed by atoms with E-state index in [-0.39, 0.29) is 17.4 Å². The number of carbonyl (C=O) groups is 1. The summed E-state index contributed by atoms with van der Waals surface area (Å²) in [5.74, 6) is -0.272. The van der Waals surface area contributed by atoms with Crippen LogP contribution < -0.4 is 5.32 Å². The van der Waals surface area contributed by atoms with E-state index in [0.717, 1.165) is 0 Å². The van der Waals surface area contributed by atoms with Gasteiger partial charge in [-0.1, -0.05) is 19.0 Å². The highest BCUT2D eigenvalue weighted by Crippen LogP contribution is 2.12. The van der Waals surface area contributed by atoms with Crippen molar-refractivity contribution in [3.8, 4) is 0 Å². The second-order valence-corrected chi connectivity index (χ2v) is 7.34. The molecular weight excluding hydrogens is 268 g/mol. The Labute approximate surface area is 113 Å². The van der Waals surface area contributed by atoms with Gasteiger partial charge < -0.3 is 9.84 Å². The maximum atomic E-state index is 12.0. The molecule has 19 heavy (non-hydrogen) atoms. The van der Waals surface area contributed by atoms with E-state index in [0.29, 0.717) is 12.2 Å². The Morgan fingerprint density at radius 3 is 2.53 bits per heavy atom. The lowest BCUT2D eigenvalue weighted by atomic mass is 10.2. The molecule has 0 aromatic carbocycles. The molecular formula is C12H20N2O4S. The molecule has 1 heterocycles. The van der Waals surface area contributed by atoms with Crippen LogP contribution >= 0.6 is 0 Å². The van der Waals surface area contributed by atoms with Gasteiger partial charge in [0, 0.05) is 12.6 Å². The van der Waals surface area contributed by atoms with Crippen LogP contribution in [0.3, 0.4) is 0 Å². The number of rotatable bonds is 6. The van der Waals surface area contributed by atoms with Crippen LogP contribution in [-0.2, 0) is 20.4 Å². The summed E-state index contributed by atoms with van der Waals surface area (Å²) in [5, 5.41) is 5.14. The zero-order valence-electron chi connectivity index (χ0n) is 11.6. The average Bonchev–Trinajstić information content (AvgIpc) is 2.69. The molecule has 0 radical (unpaired) electrons. The SMILES string of the molecule is Cc1cc(CS(=O)(=O)C(C)C(=O)NCC(C)C)on1. The summed E-state index contributed by atoms with van der Waals surface area (Å²) < 4.78 is 29.0. The van der Waals surface area contributed by atoms with Crippen molar-refractivity contribution >= 4 is 15.7 Å². The van der Waals surface area contributed by atoms with Gasteiger partial charge in [0.05, 0.1) is 5.69 Å². The molecule has 0 fully saturated rings. The molecule has 0 bridgehead atoms. The highest BCUT2D eigenvalue weighted by atomic mass is 32.2. The maximum absolute atomic E-state index is 12.0. The first-order valence-corrected chi connectivity index (χ1v) is 7.85. The number of aromatic nitrogens is 1. The molecule has 0 aliphatic heterocycles. The van der Waals surface area contributed by atoms with Gasteiger partial charge in [-0.05, 0) is 19.8 Å². The van der Waals surface area contributed by atoms with Crippen LogP contribution in [0.25, 0.3) is 0 Å². The number of hydrogen-bond acceptors (Lipinski definition) is 5. The third-order valence-electron chi connectivity index (χ3n) is 2.61. The lowest BCUT2D eigenvalue weighted by Gasteiger charge is -2.13. The van der Waals surface area contributed by atoms with Gasteiger partial charge in [0.25, 0.3) is 0 Å². The largest absolute Gasteiger partial charge is 0.360 e. The van der Waals surface area contributed by atoms with Gasteiger partial charge in [-0.15, -0.1) is 0 Å². The van der Waals surface area contributed by atoms with Crippen molar-refractivity contribution < 1.29 is 17.7 Å². The zero-order valence-corrected chi connectivity index (χ0v) is 12.5. The molecule has 1 unspecified atom stereocenters. The predicted molar refractivity (Wildman–Crippen MR) is 71.2 cm³/mol. The number of aryl methyl sites for hydroxylation is 1. The minimum atomic E-state index is -3.59. The molecule has 108 valence electrons. The van der Waals surface area contributed by atoms with Gasteiger partial charge in [-0.2, -0.15) is 0 Å². The molecule has 6 nitrogen and oxygen atoms in total. The molecule has 0 aliphatic rings. The molecule has 1 N–H and O–H groups in total. The van der Waals surface area contributed by atoms with Crippen LogP contribution in [0.15, 0.2) is 10.6 Å². The van der Waals surface area contributed by atoms with Gasteiger partial charge in [0.2, 0.25) is 5.91 Å². The van der Waals surface area contributed by atoms with Crippen molar-refractivity contribution in [3.05, 3.63) is 17.5 Å². The van der Waals surface area contributed by atoms with Crippen molar-refractivity contribution in [2.45, 2.75) is 38.7 Å². The van der Waals surface area contributed by atoms with Crippen molar-refractivity contribution in [1.29, 1.82) is 0 Å². The Hall–Kier alpha value is -1.37. The Bertz CT molecular complexity index is 534. The van der Waals surface area contributed by atoms with E-state index in [1.807, 2.05) is 13.8 Å². The molecule has 0 saturated heterocycles. The van der Waals surface area contributed by atoms with Crippen LogP contribution in [0.2, 0.25) is 0 Å². The zero-order chi connectivity index (χ0) is 14.6. The average molecular weight is 288 g/mol. The summed E-state index contributed by atoms with van der Waals surface area (Å²) in [6.45, 7) is 7.43. The highest BCUT2D eigenvalue weighted by molar-refractivity contribution is 7.92. The summed E-state index contributed by atoms with van der Waals surface area (Å²) in [5.41, 5.74) is 0.613. The maximum Gasteiger partial charge on any atom is 0.238 e. The van der Waals surface area contributed by atoms with Crippen LogP contribution in [0.5, 0.6) is 0 Å². The van der Waals surface area contributed by atoms with E-state index in [1.165, 1.54) is 6.92 Å². The third kappa shape index (κ3) is 4.66. The molecule has 1 aromatic heterocycles. The van der Waals surface area contributed by atoms with Crippen LogP contribution in [-0.4, -0.2) is 31.3 Å². The third-order valence-corrected chi connectivity index (χ3v) is 4.59. The normalized spacial score (nSPS) is 13.5. The Morgan fingerprint density at radius 2 is 2.05 bits per heavy atom. The molecule has 1 rings (SSSR count). The van der Waals surface area contributed by atoms with Gasteiger partial charge in [0.15, 0.2) is 15.6 Å². The van der Waals surface area contributed by atoms with Crippen molar-refractivity contribution in [2.75, 3.05) is 6.54 Å². The molecule has 0 saturated carbocycles. The first-order chi connectivity index (χ1) is 8.72. The van der Waals surface area contributed by atoms with E-state index in [4.69, 9.17) is 4.52 Å². The topological polar surface area (TPSA) is 89.3 Å². The van der Waals surface area contributed by atoms with E-state index in [2.05, 4.69) is 10.5 Å². The summed E-state index contributed by atoms with van der Waals surface area (Å²) >= 11 is 0. The Balaban J connectivity index is 2.68. The quantitative estimate of drug-likeness (QED) is 0.845. The van der Waals surface area contributed by atoms with E-state index in [1.54, 1.807) is 13.0 Å². The van der Waals surface area contributed by atoms with Crippen molar-refractivity contribution in [2.24, 2.45) is 5.92 Å². The summed E-state index contributed by atoms with van der Waals surface area (Å²) in [4.78, 5) is 11.8. The van der Waals surface area contributed by atoms with Gasteiger partial charge >= 0.3 is 0 Å². The smallest absolute Gasteiger partial charge is 0.238 e. The van der Waals surface area contributed by atoms with E-state index >= 15 is 0 Å². The number of sulfone groups is 1. The second-order valence-electron chi connectivity index (χ2n) is 5.02. The predicted octanol–water partition coefficient (Wildman–Crippen LogP) is 1.06. The Morgan fingerprint density at radius 1 is 1.42 bits per heavy atom. The van der Waals surface area contributed by atoms with E-state index in [9.17, 15) is 13.2 Å². The fourth-order valence-corrected chi connectivity index (χ4v) is 2.61. The summed E-state index contributed by atoms with van der Waals surface area (Å²) in [6.07, 6.45) is 0. The minimum absolute atomic E-state index is 0.251. The fraction of sp³-hybridized carbons (Fsp3) is 0.667. The van der Waals surface area contributed by atoms with Crippen LogP contribution in [0, 0.1) is 12.8 Å². The first-order valence-electron chi connectivity index (χ1n) is 6.14. The Kier molecular flexibility index (Phi) is 5.11. The minimum Gasteiger partial charge on any atom is -0.360 e. The summed E-state index contributed by atoms with van der Waals surface area (Å²) in [6, 6.07) is 1.55. The highest BCUT2D eigenvalue weighted by Gasteiger charge is 2.29. The molecule has 1 amide bonds. The van der Waals surface area contributed by atoms with Crippen LogP contribution in [0.1, 0.15) is 32.2 Å². The lowest BCUT2D eigenvalue weighted by molar-refractivity contribution is -0.120. The van der Waals surface area contributed by atoms with Crippen molar-refractivity contribution in [3.63, 3.8) is 0 Å². The molecule has 1 aromatic rings. The number of nitrogens with zero attached hydrogens (tertiary/aromatic N) is 1.